The smallest absolute Gasteiger partial charge is 0.246 e. The predicted octanol–water partition coefficient (Wildman–Crippen LogP) is 4.85. The summed E-state index contributed by atoms with van der Waals surface area (Å²) in [6, 6.07) is 18.0. The van der Waals surface area contributed by atoms with Gasteiger partial charge in [0.15, 0.2) is 11.5 Å². The number of fused-ring (bicyclic) bond motifs is 2. The lowest BCUT2D eigenvalue weighted by Crippen LogP contribution is -2.34. The van der Waals surface area contributed by atoms with Gasteiger partial charge in [0.25, 0.3) is 0 Å². The maximum atomic E-state index is 13.1. The van der Waals surface area contributed by atoms with E-state index in [0.29, 0.717) is 18.8 Å². The Kier molecular flexibility index (Phi) is 5.57. The van der Waals surface area contributed by atoms with Crippen molar-refractivity contribution in [3.05, 3.63) is 83.6 Å². The van der Waals surface area contributed by atoms with Gasteiger partial charge in [-0.3, -0.25) is 4.79 Å². The highest BCUT2D eigenvalue weighted by Gasteiger charge is 2.22. The van der Waals surface area contributed by atoms with Crippen LogP contribution in [0.15, 0.2) is 66.9 Å². The Balaban J connectivity index is 1.43. The standard InChI is InChI=1S/C27H25N3O3/c1-32-23-15-19-12-14-30(17-20(19)16-24(23)33-2)25(31)11-10-21-22-9-6-13-28-27(22)29-26(21)18-7-4-3-5-8-18/h3-11,13,15-16H,12,14,17H2,1-2H3,(H,28,29). The van der Waals surface area contributed by atoms with Crippen LogP contribution in [0.1, 0.15) is 16.7 Å². The molecule has 166 valence electrons. The van der Waals surface area contributed by atoms with Crippen LogP contribution in [0.2, 0.25) is 0 Å². The highest BCUT2D eigenvalue weighted by Crippen LogP contribution is 2.34. The Labute approximate surface area is 192 Å². The fourth-order valence-corrected chi connectivity index (χ4v) is 4.38. The number of aromatic nitrogens is 2. The van der Waals surface area contributed by atoms with Crippen molar-refractivity contribution in [2.45, 2.75) is 13.0 Å². The topological polar surface area (TPSA) is 67.5 Å². The van der Waals surface area contributed by atoms with Crippen LogP contribution in [-0.2, 0) is 17.8 Å². The molecule has 4 aromatic rings. The van der Waals surface area contributed by atoms with E-state index in [0.717, 1.165) is 45.6 Å². The fraction of sp³-hybridized carbons (Fsp3) is 0.185. The number of methoxy groups -OCH3 is 2. The lowest BCUT2D eigenvalue weighted by molar-refractivity contribution is -0.126. The first-order chi connectivity index (χ1) is 16.2. The molecule has 5 rings (SSSR count). The number of hydrogen-bond donors (Lipinski definition) is 1. The average molecular weight is 440 g/mol. The fourth-order valence-electron chi connectivity index (χ4n) is 4.38. The van der Waals surface area contributed by atoms with Gasteiger partial charge in [0.1, 0.15) is 5.65 Å². The van der Waals surface area contributed by atoms with E-state index in [1.807, 2.05) is 65.6 Å². The van der Waals surface area contributed by atoms with Crippen molar-refractivity contribution in [1.82, 2.24) is 14.9 Å². The molecule has 0 unspecified atom stereocenters. The number of aromatic amines is 1. The Morgan fingerprint density at radius 1 is 1.03 bits per heavy atom. The van der Waals surface area contributed by atoms with E-state index in [-0.39, 0.29) is 5.91 Å². The first-order valence-corrected chi connectivity index (χ1v) is 10.9. The number of H-pyrrole nitrogens is 1. The highest BCUT2D eigenvalue weighted by molar-refractivity contribution is 5.99. The summed E-state index contributed by atoms with van der Waals surface area (Å²) in [5.41, 5.74) is 6.04. The molecule has 6 heteroatoms. The van der Waals surface area contributed by atoms with E-state index in [1.165, 1.54) is 5.56 Å². The van der Waals surface area contributed by atoms with Crippen LogP contribution in [0.5, 0.6) is 11.5 Å². The van der Waals surface area contributed by atoms with Crippen LogP contribution in [0, 0.1) is 0 Å². The van der Waals surface area contributed by atoms with E-state index in [2.05, 4.69) is 9.97 Å². The number of pyridine rings is 1. The summed E-state index contributed by atoms with van der Waals surface area (Å²) in [6.07, 6.45) is 6.10. The molecule has 3 heterocycles. The van der Waals surface area contributed by atoms with E-state index in [1.54, 1.807) is 26.5 Å². The Morgan fingerprint density at radius 2 is 1.79 bits per heavy atom. The molecule has 2 aromatic heterocycles. The van der Waals surface area contributed by atoms with Crippen LogP contribution < -0.4 is 9.47 Å². The first-order valence-electron chi connectivity index (χ1n) is 10.9. The maximum absolute atomic E-state index is 13.1. The largest absolute Gasteiger partial charge is 0.493 e. The minimum atomic E-state index is -0.0207. The third-order valence-corrected chi connectivity index (χ3v) is 6.10. The molecule has 1 aliphatic rings. The van der Waals surface area contributed by atoms with Crippen molar-refractivity contribution in [3.63, 3.8) is 0 Å². The van der Waals surface area contributed by atoms with Gasteiger partial charge in [-0.1, -0.05) is 30.3 Å². The van der Waals surface area contributed by atoms with Crippen LogP contribution in [-0.4, -0.2) is 41.5 Å². The van der Waals surface area contributed by atoms with Gasteiger partial charge in [-0.25, -0.2) is 4.98 Å². The van der Waals surface area contributed by atoms with Crippen LogP contribution in [0.25, 0.3) is 28.4 Å². The summed E-state index contributed by atoms with van der Waals surface area (Å²) in [5.74, 6) is 1.38. The molecule has 0 saturated heterocycles. The van der Waals surface area contributed by atoms with Crippen molar-refractivity contribution < 1.29 is 14.3 Å². The molecule has 0 bridgehead atoms. The third kappa shape index (κ3) is 3.96. The highest BCUT2D eigenvalue weighted by atomic mass is 16.5. The quantitative estimate of drug-likeness (QED) is 0.452. The van der Waals surface area contributed by atoms with E-state index < -0.39 is 0 Å². The predicted molar refractivity (Wildman–Crippen MR) is 129 cm³/mol. The molecule has 2 aromatic carbocycles. The second-order valence-corrected chi connectivity index (χ2v) is 8.00. The minimum absolute atomic E-state index is 0.0207. The number of hydrogen-bond acceptors (Lipinski definition) is 4. The molecular weight excluding hydrogens is 414 g/mol. The Bertz CT molecular complexity index is 1340. The van der Waals surface area contributed by atoms with Crippen molar-refractivity contribution in [3.8, 4) is 22.8 Å². The SMILES string of the molecule is COc1cc2c(cc1OC)CN(C(=O)C=Cc1c(-c3ccccc3)[nH]c3ncccc13)CC2. The van der Waals surface area contributed by atoms with Gasteiger partial charge in [0.05, 0.1) is 19.9 Å². The normalized spacial score (nSPS) is 13.3. The van der Waals surface area contributed by atoms with Crippen molar-refractivity contribution >= 4 is 23.0 Å². The van der Waals surface area contributed by atoms with E-state index in [4.69, 9.17) is 9.47 Å². The van der Waals surface area contributed by atoms with Crippen molar-refractivity contribution in [2.75, 3.05) is 20.8 Å². The number of rotatable bonds is 5. The molecule has 0 atom stereocenters. The number of nitrogens with zero attached hydrogens (tertiary/aromatic N) is 2. The maximum Gasteiger partial charge on any atom is 0.246 e. The summed E-state index contributed by atoms with van der Waals surface area (Å²) < 4.78 is 10.9. The van der Waals surface area contributed by atoms with Crippen molar-refractivity contribution in [1.29, 1.82) is 0 Å². The monoisotopic (exact) mass is 439 g/mol. The Morgan fingerprint density at radius 3 is 2.55 bits per heavy atom. The van der Waals surface area contributed by atoms with E-state index >= 15 is 0 Å². The lowest BCUT2D eigenvalue weighted by atomic mass is 9.98. The number of ether oxygens (including phenoxy) is 2. The van der Waals surface area contributed by atoms with Gasteiger partial charge in [-0.05, 0) is 53.5 Å². The zero-order chi connectivity index (χ0) is 22.8. The zero-order valence-corrected chi connectivity index (χ0v) is 18.7. The molecule has 1 amide bonds. The number of carbonyl (C=O) groups is 1. The number of carbonyl (C=O) groups excluding carboxylic acids is 1. The zero-order valence-electron chi connectivity index (χ0n) is 18.7. The molecule has 0 aliphatic carbocycles. The van der Waals surface area contributed by atoms with Crippen molar-refractivity contribution in [2.24, 2.45) is 0 Å². The van der Waals surface area contributed by atoms with Crippen LogP contribution in [0.4, 0.5) is 0 Å². The van der Waals surface area contributed by atoms with Gasteiger partial charge in [-0.2, -0.15) is 0 Å². The number of nitrogens with one attached hydrogen (secondary N) is 1. The Hall–Kier alpha value is -4.06. The minimum Gasteiger partial charge on any atom is -0.493 e. The molecule has 0 fully saturated rings. The molecule has 1 aliphatic heterocycles. The summed E-state index contributed by atoms with van der Waals surface area (Å²) in [4.78, 5) is 22.8. The first kappa shape index (κ1) is 20.8. The molecule has 1 N–H and O–H groups in total. The lowest BCUT2D eigenvalue weighted by Gasteiger charge is -2.28. The van der Waals surface area contributed by atoms with Gasteiger partial charge < -0.3 is 19.4 Å². The molecule has 33 heavy (non-hydrogen) atoms. The van der Waals surface area contributed by atoms with Gasteiger partial charge >= 0.3 is 0 Å². The summed E-state index contributed by atoms with van der Waals surface area (Å²) in [7, 11) is 3.26. The summed E-state index contributed by atoms with van der Waals surface area (Å²) in [6.45, 7) is 1.20. The third-order valence-electron chi connectivity index (χ3n) is 6.10. The number of benzene rings is 2. The molecule has 0 spiro atoms. The number of amides is 1. The summed E-state index contributed by atoms with van der Waals surface area (Å²) in [5, 5.41) is 0.987. The van der Waals surface area contributed by atoms with Gasteiger partial charge in [-0.15, -0.1) is 0 Å². The summed E-state index contributed by atoms with van der Waals surface area (Å²) >= 11 is 0. The second kappa shape index (κ2) is 8.82. The average Bonchev–Trinajstić information content (AvgIpc) is 3.25. The van der Waals surface area contributed by atoms with Crippen LogP contribution >= 0.6 is 0 Å². The molecular formula is C27H25N3O3. The molecule has 0 saturated carbocycles. The van der Waals surface area contributed by atoms with Gasteiger partial charge in [0, 0.05) is 36.3 Å². The second-order valence-electron chi connectivity index (χ2n) is 8.00. The van der Waals surface area contributed by atoms with E-state index in [9.17, 15) is 4.79 Å². The van der Waals surface area contributed by atoms with Crippen LogP contribution in [0.3, 0.4) is 0 Å². The molecule has 0 radical (unpaired) electrons. The molecule has 6 nitrogen and oxygen atoms in total. The van der Waals surface area contributed by atoms with Gasteiger partial charge in [0.2, 0.25) is 5.91 Å².